The minimum atomic E-state index is -4.18. The second-order valence-electron chi connectivity index (χ2n) is 10.0. The highest BCUT2D eigenvalue weighted by Crippen LogP contribution is 2.28. The van der Waals surface area contributed by atoms with E-state index in [0.29, 0.717) is 34.2 Å². The Labute approximate surface area is 258 Å². The Morgan fingerprint density at radius 1 is 0.952 bits per heavy atom. The van der Waals surface area contributed by atoms with E-state index >= 15 is 0 Å². The van der Waals surface area contributed by atoms with Gasteiger partial charge in [-0.25, -0.2) is 8.42 Å². The van der Waals surface area contributed by atoms with Crippen LogP contribution in [0.25, 0.3) is 0 Å². The van der Waals surface area contributed by atoms with Crippen molar-refractivity contribution in [1.82, 2.24) is 10.2 Å². The number of ether oxygens (including phenoxy) is 1. The zero-order valence-corrected chi connectivity index (χ0v) is 26.8. The van der Waals surface area contributed by atoms with Crippen LogP contribution in [0.1, 0.15) is 44.7 Å². The van der Waals surface area contributed by atoms with E-state index in [4.69, 9.17) is 27.9 Å². The molecular weight excluding hydrogens is 597 g/mol. The summed E-state index contributed by atoms with van der Waals surface area (Å²) in [6.07, 6.45) is 1.01. The SMILES string of the molecule is CC[C@H](C)NC(=O)[C@H](CC)N(Cc1ccc(Cl)cc1Cl)C(=O)CN(c1ccc(OC)cc1)S(=O)(=O)c1ccc(C)cc1. The molecule has 0 unspecified atom stereocenters. The van der Waals surface area contributed by atoms with E-state index in [0.717, 1.165) is 9.87 Å². The average molecular weight is 635 g/mol. The lowest BCUT2D eigenvalue weighted by molar-refractivity contribution is -0.140. The summed E-state index contributed by atoms with van der Waals surface area (Å²) in [7, 11) is -2.67. The van der Waals surface area contributed by atoms with Gasteiger partial charge in [-0.15, -0.1) is 0 Å². The molecule has 0 aliphatic rings. The van der Waals surface area contributed by atoms with Gasteiger partial charge in [-0.2, -0.15) is 0 Å². The number of nitrogens with zero attached hydrogens (tertiary/aromatic N) is 2. The van der Waals surface area contributed by atoms with Gasteiger partial charge in [0.15, 0.2) is 0 Å². The molecule has 3 rings (SSSR count). The molecule has 2 atom stereocenters. The fourth-order valence-electron chi connectivity index (χ4n) is 4.31. The highest BCUT2D eigenvalue weighted by molar-refractivity contribution is 7.92. The summed E-state index contributed by atoms with van der Waals surface area (Å²) in [6, 6.07) is 16.7. The van der Waals surface area contributed by atoms with Crippen molar-refractivity contribution in [3.8, 4) is 5.75 Å². The van der Waals surface area contributed by atoms with Gasteiger partial charge >= 0.3 is 0 Å². The van der Waals surface area contributed by atoms with Gasteiger partial charge in [0.2, 0.25) is 11.8 Å². The summed E-state index contributed by atoms with van der Waals surface area (Å²) < 4.78 is 34.2. The average Bonchev–Trinajstić information content (AvgIpc) is 2.96. The summed E-state index contributed by atoms with van der Waals surface area (Å²) in [5, 5.41) is 3.71. The van der Waals surface area contributed by atoms with Crippen molar-refractivity contribution in [1.29, 1.82) is 0 Å². The Bertz CT molecular complexity index is 1480. The van der Waals surface area contributed by atoms with Gasteiger partial charge in [-0.05, 0) is 80.8 Å². The Balaban J connectivity index is 2.08. The summed E-state index contributed by atoms with van der Waals surface area (Å²) in [4.78, 5) is 29.0. The predicted molar refractivity (Wildman–Crippen MR) is 168 cm³/mol. The zero-order valence-electron chi connectivity index (χ0n) is 24.4. The molecule has 0 spiro atoms. The second-order valence-corrected chi connectivity index (χ2v) is 12.7. The molecule has 42 heavy (non-hydrogen) atoms. The number of benzene rings is 3. The van der Waals surface area contributed by atoms with Crippen molar-refractivity contribution < 1.29 is 22.7 Å². The number of hydrogen-bond donors (Lipinski definition) is 1. The molecule has 3 aromatic rings. The predicted octanol–water partition coefficient (Wildman–Crippen LogP) is 6.23. The van der Waals surface area contributed by atoms with Gasteiger partial charge in [-0.1, -0.05) is 60.8 Å². The van der Waals surface area contributed by atoms with Crippen LogP contribution in [0, 0.1) is 6.92 Å². The van der Waals surface area contributed by atoms with Crippen molar-refractivity contribution in [3.63, 3.8) is 0 Å². The molecular formula is C31H37Cl2N3O5S. The molecule has 0 aromatic heterocycles. The molecule has 0 bridgehead atoms. The molecule has 0 heterocycles. The molecule has 0 fully saturated rings. The maximum atomic E-state index is 14.2. The molecule has 0 saturated heterocycles. The normalized spacial score (nSPS) is 12.7. The zero-order chi connectivity index (χ0) is 31.0. The summed E-state index contributed by atoms with van der Waals surface area (Å²) in [5.41, 5.74) is 1.73. The van der Waals surface area contributed by atoms with Crippen LogP contribution in [0.4, 0.5) is 5.69 Å². The van der Waals surface area contributed by atoms with Crippen molar-refractivity contribution in [2.75, 3.05) is 18.0 Å². The molecule has 3 aromatic carbocycles. The number of halogens is 2. The van der Waals surface area contributed by atoms with Gasteiger partial charge in [0.05, 0.1) is 17.7 Å². The van der Waals surface area contributed by atoms with Crippen LogP contribution < -0.4 is 14.4 Å². The third kappa shape index (κ3) is 8.18. The van der Waals surface area contributed by atoms with Crippen molar-refractivity contribution in [2.45, 2.75) is 64.1 Å². The van der Waals surface area contributed by atoms with Gasteiger partial charge in [-0.3, -0.25) is 13.9 Å². The van der Waals surface area contributed by atoms with Crippen LogP contribution in [0.5, 0.6) is 5.75 Å². The number of methoxy groups -OCH3 is 1. The smallest absolute Gasteiger partial charge is 0.264 e. The number of rotatable bonds is 13. The van der Waals surface area contributed by atoms with Crippen molar-refractivity contribution in [3.05, 3.63) is 87.9 Å². The molecule has 8 nitrogen and oxygen atoms in total. The summed E-state index contributed by atoms with van der Waals surface area (Å²) >= 11 is 12.6. The van der Waals surface area contributed by atoms with E-state index in [1.807, 2.05) is 20.8 Å². The molecule has 1 N–H and O–H groups in total. The lowest BCUT2D eigenvalue weighted by Crippen LogP contribution is -2.53. The van der Waals surface area contributed by atoms with Gasteiger partial charge in [0, 0.05) is 22.6 Å². The van der Waals surface area contributed by atoms with E-state index in [9.17, 15) is 18.0 Å². The largest absolute Gasteiger partial charge is 0.497 e. The van der Waals surface area contributed by atoms with Crippen LogP contribution in [-0.4, -0.2) is 50.9 Å². The van der Waals surface area contributed by atoms with Crippen molar-refractivity contribution >= 4 is 50.7 Å². The highest BCUT2D eigenvalue weighted by Gasteiger charge is 2.34. The minimum absolute atomic E-state index is 0.0255. The molecule has 0 aliphatic carbocycles. The maximum Gasteiger partial charge on any atom is 0.264 e. The molecule has 0 radical (unpaired) electrons. The highest BCUT2D eigenvalue weighted by atomic mass is 35.5. The fraction of sp³-hybridized carbons (Fsp3) is 0.355. The monoisotopic (exact) mass is 633 g/mol. The van der Waals surface area contributed by atoms with Crippen LogP contribution in [0.15, 0.2) is 71.6 Å². The number of nitrogens with one attached hydrogen (secondary N) is 1. The van der Waals surface area contributed by atoms with E-state index < -0.39 is 28.5 Å². The van der Waals surface area contributed by atoms with Crippen molar-refractivity contribution in [2.24, 2.45) is 0 Å². The van der Waals surface area contributed by atoms with E-state index in [2.05, 4.69) is 5.32 Å². The van der Waals surface area contributed by atoms with Crippen LogP contribution in [0.3, 0.4) is 0 Å². The van der Waals surface area contributed by atoms with Gasteiger partial charge in [0.25, 0.3) is 10.0 Å². The minimum Gasteiger partial charge on any atom is -0.497 e. The lowest BCUT2D eigenvalue weighted by atomic mass is 10.1. The molecule has 11 heteroatoms. The van der Waals surface area contributed by atoms with Crippen LogP contribution >= 0.6 is 23.2 Å². The first kappa shape index (κ1) is 33.2. The topological polar surface area (TPSA) is 96.0 Å². The molecule has 0 saturated carbocycles. The number of sulfonamides is 1. The number of amides is 2. The molecule has 2 amide bonds. The molecule has 0 aliphatic heterocycles. The van der Waals surface area contributed by atoms with Gasteiger partial charge in [0.1, 0.15) is 18.3 Å². The second kappa shape index (κ2) is 14.8. The van der Waals surface area contributed by atoms with Gasteiger partial charge < -0.3 is 15.0 Å². The Morgan fingerprint density at radius 2 is 1.60 bits per heavy atom. The summed E-state index contributed by atoms with van der Waals surface area (Å²) in [5.74, 6) is -0.370. The van der Waals surface area contributed by atoms with E-state index in [-0.39, 0.29) is 29.1 Å². The number of hydrogen-bond acceptors (Lipinski definition) is 5. The van der Waals surface area contributed by atoms with Crippen LogP contribution in [-0.2, 0) is 26.2 Å². The third-order valence-electron chi connectivity index (χ3n) is 6.99. The number of aryl methyl sites for hydroxylation is 1. The first-order valence-corrected chi connectivity index (χ1v) is 15.9. The maximum absolute atomic E-state index is 14.2. The Hall–Kier alpha value is -3.27. The number of anilines is 1. The molecule has 226 valence electrons. The summed E-state index contributed by atoms with van der Waals surface area (Å²) in [6.45, 7) is 6.91. The lowest BCUT2D eigenvalue weighted by Gasteiger charge is -2.34. The fourth-order valence-corrected chi connectivity index (χ4v) is 6.19. The standard InChI is InChI=1S/C31H37Cl2N3O5S/c1-6-22(4)34-31(38)29(7-2)35(19-23-10-11-24(32)18-28(23)33)30(37)20-36(25-12-14-26(41-5)15-13-25)42(39,40)27-16-8-21(3)9-17-27/h8-18,22,29H,6-7,19-20H2,1-5H3,(H,34,38)/t22-,29-/m0/s1. The number of carbonyl (C=O) groups is 2. The van der Waals surface area contributed by atoms with E-state index in [1.54, 1.807) is 61.5 Å². The first-order valence-electron chi connectivity index (χ1n) is 13.7. The Kier molecular flexibility index (Phi) is 11.7. The van der Waals surface area contributed by atoms with E-state index in [1.165, 1.54) is 24.1 Å². The van der Waals surface area contributed by atoms with Crippen LogP contribution in [0.2, 0.25) is 10.0 Å². The quantitative estimate of drug-likeness (QED) is 0.241. The number of carbonyl (C=O) groups excluding carboxylic acids is 2. The first-order chi connectivity index (χ1) is 19.9. The third-order valence-corrected chi connectivity index (χ3v) is 9.37. The Morgan fingerprint density at radius 3 is 2.14 bits per heavy atom.